The van der Waals surface area contributed by atoms with Gasteiger partial charge in [0.15, 0.2) is 11.6 Å². The van der Waals surface area contributed by atoms with Gasteiger partial charge in [0, 0.05) is 24.2 Å². The third-order valence-corrected chi connectivity index (χ3v) is 5.94. The van der Waals surface area contributed by atoms with Gasteiger partial charge in [-0.25, -0.2) is 18.4 Å². The highest BCUT2D eigenvalue weighted by molar-refractivity contribution is 5.77. The Labute approximate surface area is 195 Å². The number of aromatic nitrogens is 3. The highest BCUT2D eigenvalue weighted by Crippen LogP contribution is 2.26. The van der Waals surface area contributed by atoms with Gasteiger partial charge < -0.3 is 9.64 Å². The van der Waals surface area contributed by atoms with E-state index in [2.05, 4.69) is 10.1 Å². The van der Waals surface area contributed by atoms with E-state index in [1.807, 2.05) is 18.2 Å². The van der Waals surface area contributed by atoms with Gasteiger partial charge in [-0.05, 0) is 78.2 Å². The van der Waals surface area contributed by atoms with Crippen LogP contribution >= 0.6 is 0 Å². The molecule has 0 bridgehead atoms. The molecule has 0 fully saturated rings. The first-order chi connectivity index (χ1) is 16.5. The number of nitrogens with zero attached hydrogens (tertiary/aromatic N) is 4. The first-order valence-corrected chi connectivity index (χ1v) is 10.9. The van der Waals surface area contributed by atoms with Gasteiger partial charge in [-0.15, -0.1) is 5.10 Å². The zero-order valence-electron chi connectivity index (χ0n) is 18.5. The van der Waals surface area contributed by atoms with Crippen LogP contribution in [0.1, 0.15) is 11.1 Å². The van der Waals surface area contributed by atoms with E-state index in [-0.39, 0.29) is 24.1 Å². The number of amides is 1. The summed E-state index contributed by atoms with van der Waals surface area (Å²) in [5.41, 5.74) is 3.51. The average Bonchev–Trinajstić information content (AvgIpc) is 3.27. The van der Waals surface area contributed by atoms with Crippen LogP contribution in [0.5, 0.6) is 5.75 Å². The van der Waals surface area contributed by atoms with E-state index >= 15 is 0 Å². The van der Waals surface area contributed by atoms with Crippen molar-refractivity contribution in [3.63, 3.8) is 0 Å². The fourth-order valence-corrected chi connectivity index (χ4v) is 4.09. The zero-order valence-corrected chi connectivity index (χ0v) is 18.5. The fourth-order valence-electron chi connectivity index (χ4n) is 4.09. The van der Waals surface area contributed by atoms with Gasteiger partial charge >= 0.3 is 0 Å². The minimum Gasteiger partial charge on any atom is -0.497 e. The monoisotopic (exact) mass is 460 g/mol. The van der Waals surface area contributed by atoms with E-state index in [9.17, 15) is 13.6 Å². The number of carbonyl (C=O) groups is 1. The molecule has 0 aliphatic carbocycles. The lowest BCUT2D eigenvalue weighted by atomic mass is 9.99. The third-order valence-electron chi connectivity index (χ3n) is 5.94. The molecule has 4 aromatic rings. The lowest BCUT2D eigenvalue weighted by molar-refractivity contribution is -0.132. The molecule has 5 rings (SSSR count). The second-order valence-corrected chi connectivity index (χ2v) is 8.13. The molecular formula is C26H22F2N4O2. The second kappa shape index (κ2) is 9.05. The van der Waals surface area contributed by atoms with Crippen LogP contribution in [0.2, 0.25) is 0 Å². The number of methoxy groups -OCH3 is 1. The molecule has 1 aliphatic rings. The molecular weight excluding hydrogens is 438 g/mol. The highest BCUT2D eigenvalue weighted by Gasteiger charge is 2.23. The van der Waals surface area contributed by atoms with Crippen molar-refractivity contribution in [1.82, 2.24) is 19.7 Å². The van der Waals surface area contributed by atoms with Gasteiger partial charge in [-0.3, -0.25) is 4.79 Å². The Morgan fingerprint density at radius 2 is 1.62 bits per heavy atom. The van der Waals surface area contributed by atoms with Crippen molar-refractivity contribution in [1.29, 1.82) is 0 Å². The minimum atomic E-state index is -0.368. The van der Waals surface area contributed by atoms with Crippen LogP contribution in [0.15, 0.2) is 66.7 Å². The molecule has 0 spiro atoms. The lowest BCUT2D eigenvalue weighted by Crippen LogP contribution is -2.38. The molecule has 6 nitrogen and oxygen atoms in total. The van der Waals surface area contributed by atoms with Crippen molar-refractivity contribution in [2.75, 3.05) is 13.7 Å². The van der Waals surface area contributed by atoms with Crippen LogP contribution < -0.4 is 4.74 Å². The predicted octanol–water partition coefficient (Wildman–Crippen LogP) is 4.48. The van der Waals surface area contributed by atoms with Crippen LogP contribution in [0.3, 0.4) is 0 Å². The lowest BCUT2D eigenvalue weighted by Gasteiger charge is -2.29. The molecule has 2 heterocycles. The Bertz CT molecular complexity index is 1330. The standard InChI is InChI=1S/C26H22F2N4O2/c1-34-23-11-6-17-12-13-31(15-20(17)14-23)24(33)16-32-26(19-4-9-22(28)10-5-19)29-25(30-32)18-2-7-21(27)8-3-18/h2-11,14H,12-13,15-16H2,1H3. The molecule has 0 atom stereocenters. The summed E-state index contributed by atoms with van der Waals surface area (Å²) in [6.07, 6.45) is 0.758. The van der Waals surface area contributed by atoms with Crippen LogP contribution in [0, 0.1) is 11.6 Å². The first kappa shape index (κ1) is 21.8. The maximum Gasteiger partial charge on any atom is 0.244 e. The molecule has 0 N–H and O–H groups in total. The Balaban J connectivity index is 1.44. The Kier molecular flexibility index (Phi) is 5.79. The van der Waals surface area contributed by atoms with E-state index in [0.29, 0.717) is 35.9 Å². The van der Waals surface area contributed by atoms with Crippen molar-refractivity contribution in [3.8, 4) is 28.5 Å². The van der Waals surface area contributed by atoms with Crippen molar-refractivity contribution in [2.45, 2.75) is 19.5 Å². The number of hydrogen-bond donors (Lipinski definition) is 0. The molecule has 0 radical (unpaired) electrons. The second-order valence-electron chi connectivity index (χ2n) is 8.13. The molecule has 172 valence electrons. The molecule has 0 saturated heterocycles. The normalized spacial score (nSPS) is 13.0. The maximum absolute atomic E-state index is 13.5. The summed E-state index contributed by atoms with van der Waals surface area (Å²) in [5, 5.41) is 4.54. The Morgan fingerprint density at radius 3 is 2.29 bits per heavy atom. The molecule has 1 aliphatic heterocycles. The summed E-state index contributed by atoms with van der Waals surface area (Å²) < 4.78 is 33.7. The summed E-state index contributed by atoms with van der Waals surface area (Å²) in [4.78, 5) is 19.6. The van der Waals surface area contributed by atoms with Crippen LogP contribution in [0.25, 0.3) is 22.8 Å². The summed E-state index contributed by atoms with van der Waals surface area (Å²) in [7, 11) is 1.62. The van der Waals surface area contributed by atoms with Gasteiger partial charge in [0.05, 0.1) is 7.11 Å². The third kappa shape index (κ3) is 4.39. The van der Waals surface area contributed by atoms with Crippen molar-refractivity contribution < 1.29 is 18.3 Å². The maximum atomic E-state index is 13.5. The largest absolute Gasteiger partial charge is 0.497 e. The smallest absolute Gasteiger partial charge is 0.244 e. The van der Waals surface area contributed by atoms with E-state index < -0.39 is 0 Å². The molecule has 1 aromatic heterocycles. The number of halogens is 2. The summed E-state index contributed by atoms with van der Waals surface area (Å²) in [6.45, 7) is 1.06. The van der Waals surface area contributed by atoms with Crippen LogP contribution in [0.4, 0.5) is 8.78 Å². The van der Waals surface area contributed by atoms with E-state index in [1.54, 1.807) is 36.3 Å². The molecule has 8 heteroatoms. The van der Waals surface area contributed by atoms with Gasteiger partial charge in [0.25, 0.3) is 0 Å². The van der Waals surface area contributed by atoms with Gasteiger partial charge in [-0.2, -0.15) is 0 Å². The van der Waals surface area contributed by atoms with E-state index in [4.69, 9.17) is 4.74 Å². The molecule has 1 amide bonds. The number of hydrogen-bond acceptors (Lipinski definition) is 4. The van der Waals surface area contributed by atoms with E-state index in [0.717, 1.165) is 17.7 Å². The first-order valence-electron chi connectivity index (χ1n) is 10.9. The van der Waals surface area contributed by atoms with Gasteiger partial charge in [0.2, 0.25) is 5.91 Å². The molecule has 0 saturated carbocycles. The number of ether oxygens (including phenoxy) is 1. The number of rotatable bonds is 5. The fraction of sp³-hybridized carbons (Fsp3) is 0.192. The Morgan fingerprint density at radius 1 is 0.941 bits per heavy atom. The SMILES string of the molecule is COc1ccc2c(c1)CN(C(=O)Cn1nc(-c3ccc(F)cc3)nc1-c1ccc(F)cc1)CC2. The highest BCUT2D eigenvalue weighted by atomic mass is 19.1. The number of benzene rings is 3. The number of fused-ring (bicyclic) bond motifs is 1. The average molecular weight is 460 g/mol. The van der Waals surface area contributed by atoms with Crippen LogP contribution in [-0.4, -0.2) is 39.2 Å². The molecule has 3 aromatic carbocycles. The number of carbonyl (C=O) groups excluding carboxylic acids is 1. The van der Waals surface area contributed by atoms with Crippen molar-refractivity contribution in [2.24, 2.45) is 0 Å². The summed E-state index contributed by atoms with van der Waals surface area (Å²) in [5.74, 6) is 0.720. The summed E-state index contributed by atoms with van der Waals surface area (Å²) in [6, 6.07) is 17.6. The van der Waals surface area contributed by atoms with Gasteiger partial charge in [-0.1, -0.05) is 6.07 Å². The van der Waals surface area contributed by atoms with Gasteiger partial charge in [0.1, 0.15) is 23.9 Å². The van der Waals surface area contributed by atoms with Crippen molar-refractivity contribution in [3.05, 3.63) is 89.5 Å². The minimum absolute atomic E-state index is 0.0276. The topological polar surface area (TPSA) is 60.2 Å². The summed E-state index contributed by atoms with van der Waals surface area (Å²) >= 11 is 0. The predicted molar refractivity (Wildman–Crippen MR) is 123 cm³/mol. The Hall–Kier alpha value is -4.07. The van der Waals surface area contributed by atoms with E-state index in [1.165, 1.54) is 34.5 Å². The van der Waals surface area contributed by atoms with Crippen molar-refractivity contribution >= 4 is 5.91 Å². The van der Waals surface area contributed by atoms with Crippen LogP contribution in [-0.2, 0) is 24.3 Å². The molecule has 0 unspecified atom stereocenters. The quantitative estimate of drug-likeness (QED) is 0.441. The molecule has 34 heavy (non-hydrogen) atoms. The zero-order chi connectivity index (χ0) is 23.7.